The van der Waals surface area contributed by atoms with Gasteiger partial charge in [0.15, 0.2) is 0 Å². The largest absolute Gasteiger partial charge is 0.496 e. The van der Waals surface area contributed by atoms with Crippen molar-refractivity contribution >= 4 is 0 Å². The third kappa shape index (κ3) is 2.72. The fraction of sp³-hybridized carbons (Fsp3) is 0.167. The average molecular weight is 296 g/mol. The highest BCUT2D eigenvalue weighted by atomic mass is 19.1. The molecule has 0 aliphatic heterocycles. The Hall–Kier alpha value is -2.62. The topological polar surface area (TPSA) is 27.1 Å². The highest BCUT2D eigenvalue weighted by Gasteiger charge is 2.12. The van der Waals surface area contributed by atoms with Crippen molar-refractivity contribution in [2.24, 2.45) is 0 Å². The third-order valence-electron chi connectivity index (χ3n) is 3.68. The maximum absolute atomic E-state index is 13.1. The maximum Gasteiger partial charge on any atom is 0.140 e. The molecule has 0 spiro atoms. The minimum Gasteiger partial charge on any atom is -0.496 e. The molecule has 0 amide bonds. The smallest absolute Gasteiger partial charge is 0.140 e. The Bertz CT molecular complexity index is 778. The SMILES string of the molecule is COc1ccccc1Cn1c(C)cnc1-c1ccc(F)cc1. The molecule has 0 unspecified atom stereocenters. The van der Waals surface area contributed by atoms with E-state index in [9.17, 15) is 4.39 Å². The monoisotopic (exact) mass is 296 g/mol. The van der Waals surface area contributed by atoms with Crippen molar-refractivity contribution in [2.75, 3.05) is 7.11 Å². The number of imidazole rings is 1. The van der Waals surface area contributed by atoms with Gasteiger partial charge >= 0.3 is 0 Å². The Balaban J connectivity index is 2.01. The second kappa shape index (κ2) is 6.02. The molecule has 0 N–H and O–H groups in total. The number of hydrogen-bond donors (Lipinski definition) is 0. The fourth-order valence-corrected chi connectivity index (χ4v) is 2.49. The molecule has 1 aromatic heterocycles. The van der Waals surface area contributed by atoms with Crippen molar-refractivity contribution in [3.8, 4) is 17.1 Å². The molecule has 112 valence electrons. The molecule has 0 saturated carbocycles. The second-order valence-corrected chi connectivity index (χ2v) is 5.13. The van der Waals surface area contributed by atoms with Crippen molar-refractivity contribution < 1.29 is 9.13 Å². The lowest BCUT2D eigenvalue weighted by molar-refractivity contribution is 0.408. The van der Waals surface area contributed by atoms with E-state index < -0.39 is 0 Å². The Morgan fingerprint density at radius 2 is 1.82 bits per heavy atom. The van der Waals surface area contributed by atoms with Crippen LogP contribution in [0.1, 0.15) is 11.3 Å². The average Bonchev–Trinajstić information content (AvgIpc) is 2.90. The van der Waals surface area contributed by atoms with Crippen molar-refractivity contribution in [1.29, 1.82) is 0 Å². The second-order valence-electron chi connectivity index (χ2n) is 5.13. The lowest BCUT2D eigenvalue weighted by atomic mass is 10.1. The van der Waals surface area contributed by atoms with Crippen LogP contribution < -0.4 is 4.74 Å². The number of hydrogen-bond acceptors (Lipinski definition) is 2. The van der Waals surface area contributed by atoms with E-state index in [2.05, 4.69) is 9.55 Å². The number of ether oxygens (including phenoxy) is 1. The zero-order valence-electron chi connectivity index (χ0n) is 12.6. The van der Waals surface area contributed by atoms with Gasteiger partial charge in [-0.3, -0.25) is 0 Å². The molecule has 22 heavy (non-hydrogen) atoms. The molecular formula is C18H17FN2O. The minimum absolute atomic E-state index is 0.247. The van der Waals surface area contributed by atoms with Crippen LogP contribution in [0.2, 0.25) is 0 Å². The number of benzene rings is 2. The van der Waals surface area contributed by atoms with Crippen molar-refractivity contribution in [1.82, 2.24) is 9.55 Å². The van der Waals surface area contributed by atoms with Gasteiger partial charge in [-0.2, -0.15) is 0 Å². The molecule has 0 fully saturated rings. The van der Waals surface area contributed by atoms with Gasteiger partial charge in [-0.25, -0.2) is 9.37 Å². The number of aromatic nitrogens is 2. The molecule has 3 aromatic rings. The minimum atomic E-state index is -0.247. The van der Waals surface area contributed by atoms with Crippen LogP contribution in [-0.4, -0.2) is 16.7 Å². The Labute approximate surface area is 129 Å². The summed E-state index contributed by atoms with van der Waals surface area (Å²) in [4.78, 5) is 4.47. The summed E-state index contributed by atoms with van der Waals surface area (Å²) in [6.07, 6.45) is 1.83. The highest BCUT2D eigenvalue weighted by molar-refractivity contribution is 5.56. The Morgan fingerprint density at radius 3 is 2.55 bits per heavy atom. The summed E-state index contributed by atoms with van der Waals surface area (Å²) in [5.41, 5.74) is 3.02. The summed E-state index contributed by atoms with van der Waals surface area (Å²) >= 11 is 0. The number of para-hydroxylation sites is 1. The Kier molecular flexibility index (Phi) is 3.92. The molecule has 2 aromatic carbocycles. The lowest BCUT2D eigenvalue weighted by Crippen LogP contribution is -2.05. The molecule has 0 atom stereocenters. The van der Waals surface area contributed by atoms with E-state index >= 15 is 0 Å². The lowest BCUT2D eigenvalue weighted by Gasteiger charge is -2.13. The van der Waals surface area contributed by atoms with Gasteiger partial charge in [0.05, 0.1) is 13.7 Å². The van der Waals surface area contributed by atoms with Crippen molar-refractivity contribution in [3.63, 3.8) is 0 Å². The molecule has 3 rings (SSSR count). The molecule has 0 aliphatic rings. The summed E-state index contributed by atoms with van der Waals surface area (Å²) in [5, 5.41) is 0. The highest BCUT2D eigenvalue weighted by Crippen LogP contribution is 2.24. The van der Waals surface area contributed by atoms with Crippen molar-refractivity contribution in [2.45, 2.75) is 13.5 Å². The first-order valence-electron chi connectivity index (χ1n) is 7.09. The van der Waals surface area contributed by atoms with Crippen LogP contribution in [0.15, 0.2) is 54.7 Å². The predicted octanol–water partition coefficient (Wildman–Crippen LogP) is 4.05. The summed E-state index contributed by atoms with van der Waals surface area (Å²) in [6, 6.07) is 14.3. The van der Waals surface area contributed by atoms with E-state index in [1.807, 2.05) is 37.4 Å². The van der Waals surface area contributed by atoms with Crippen LogP contribution in [0.25, 0.3) is 11.4 Å². The molecule has 0 bridgehead atoms. The zero-order valence-corrected chi connectivity index (χ0v) is 12.6. The van der Waals surface area contributed by atoms with Crippen LogP contribution in [0.3, 0.4) is 0 Å². The van der Waals surface area contributed by atoms with E-state index in [-0.39, 0.29) is 5.82 Å². The van der Waals surface area contributed by atoms with Gasteiger partial charge in [0.2, 0.25) is 0 Å². The van der Waals surface area contributed by atoms with Crippen LogP contribution in [0, 0.1) is 12.7 Å². The number of nitrogens with zero attached hydrogens (tertiary/aromatic N) is 2. The van der Waals surface area contributed by atoms with Crippen LogP contribution >= 0.6 is 0 Å². The number of aryl methyl sites for hydroxylation is 1. The van der Waals surface area contributed by atoms with Crippen LogP contribution in [0.4, 0.5) is 4.39 Å². The fourth-order valence-electron chi connectivity index (χ4n) is 2.49. The molecule has 3 nitrogen and oxygen atoms in total. The quantitative estimate of drug-likeness (QED) is 0.726. The first kappa shape index (κ1) is 14.3. The van der Waals surface area contributed by atoms with Gasteiger partial charge in [0.25, 0.3) is 0 Å². The molecule has 0 aliphatic carbocycles. The first-order chi connectivity index (χ1) is 10.7. The molecule has 0 saturated heterocycles. The predicted molar refractivity (Wildman–Crippen MR) is 84.5 cm³/mol. The summed E-state index contributed by atoms with van der Waals surface area (Å²) in [7, 11) is 1.67. The van der Waals surface area contributed by atoms with Crippen molar-refractivity contribution in [3.05, 3.63) is 71.8 Å². The number of halogens is 1. The van der Waals surface area contributed by atoms with Gasteiger partial charge in [-0.15, -0.1) is 0 Å². The van der Waals surface area contributed by atoms with E-state index in [0.29, 0.717) is 6.54 Å². The zero-order chi connectivity index (χ0) is 15.5. The third-order valence-corrected chi connectivity index (χ3v) is 3.68. The normalized spacial score (nSPS) is 10.7. The maximum atomic E-state index is 13.1. The number of rotatable bonds is 4. The van der Waals surface area contributed by atoms with E-state index in [1.165, 1.54) is 12.1 Å². The standard InChI is InChI=1S/C18H17FN2O/c1-13-11-20-18(14-7-9-16(19)10-8-14)21(13)12-15-5-3-4-6-17(15)22-2/h3-11H,12H2,1-2H3. The van der Waals surface area contributed by atoms with Crippen LogP contribution in [0.5, 0.6) is 5.75 Å². The van der Waals surface area contributed by atoms with E-state index in [0.717, 1.165) is 28.4 Å². The summed E-state index contributed by atoms with van der Waals surface area (Å²) < 4.78 is 20.6. The molecular weight excluding hydrogens is 279 g/mol. The first-order valence-corrected chi connectivity index (χ1v) is 7.09. The van der Waals surface area contributed by atoms with E-state index in [4.69, 9.17) is 4.74 Å². The molecule has 4 heteroatoms. The van der Waals surface area contributed by atoms with Gasteiger partial charge in [0.1, 0.15) is 17.4 Å². The summed E-state index contributed by atoms with van der Waals surface area (Å²) in [6.45, 7) is 2.66. The van der Waals surface area contributed by atoms with Gasteiger partial charge in [-0.05, 0) is 37.3 Å². The Morgan fingerprint density at radius 1 is 1.09 bits per heavy atom. The summed E-state index contributed by atoms with van der Waals surface area (Å²) in [5.74, 6) is 1.42. The van der Waals surface area contributed by atoms with E-state index in [1.54, 1.807) is 19.2 Å². The van der Waals surface area contributed by atoms with Gasteiger partial charge in [0, 0.05) is 23.0 Å². The van der Waals surface area contributed by atoms with Gasteiger partial charge in [-0.1, -0.05) is 18.2 Å². The van der Waals surface area contributed by atoms with Gasteiger partial charge < -0.3 is 9.30 Å². The van der Waals surface area contributed by atoms with Crippen LogP contribution in [-0.2, 0) is 6.54 Å². The molecule has 1 heterocycles. The number of methoxy groups -OCH3 is 1. The molecule has 0 radical (unpaired) electrons.